The monoisotopic (exact) mass is 305 g/mol. The van der Waals surface area contributed by atoms with Crippen molar-refractivity contribution in [1.29, 1.82) is 0 Å². The first kappa shape index (κ1) is 13.1. The van der Waals surface area contributed by atoms with Gasteiger partial charge < -0.3 is 10.5 Å². The van der Waals surface area contributed by atoms with Crippen LogP contribution in [0, 0.1) is 13.8 Å². The second kappa shape index (κ2) is 5.55. The van der Waals surface area contributed by atoms with Crippen LogP contribution in [-0.2, 0) is 6.54 Å². The molecule has 0 heterocycles. The SMILES string of the molecule is Cc1cccc(Oc2cc(Br)cc(CN)c2)c1C. The Balaban J connectivity index is 2.34. The summed E-state index contributed by atoms with van der Waals surface area (Å²) >= 11 is 3.46. The number of ether oxygens (including phenoxy) is 1. The molecular weight excluding hydrogens is 290 g/mol. The van der Waals surface area contributed by atoms with Crippen LogP contribution in [0.15, 0.2) is 40.9 Å². The Hall–Kier alpha value is -1.32. The first-order chi connectivity index (χ1) is 8.60. The van der Waals surface area contributed by atoms with Crippen molar-refractivity contribution in [2.24, 2.45) is 5.73 Å². The van der Waals surface area contributed by atoms with E-state index in [1.54, 1.807) is 0 Å². The molecule has 0 aromatic heterocycles. The summed E-state index contributed by atoms with van der Waals surface area (Å²) in [6.45, 7) is 4.64. The Morgan fingerprint density at radius 1 is 1.17 bits per heavy atom. The Morgan fingerprint density at radius 3 is 2.67 bits per heavy atom. The van der Waals surface area contributed by atoms with E-state index in [-0.39, 0.29) is 0 Å². The van der Waals surface area contributed by atoms with Crippen molar-refractivity contribution in [2.45, 2.75) is 20.4 Å². The maximum atomic E-state index is 5.93. The van der Waals surface area contributed by atoms with Crippen molar-refractivity contribution in [3.63, 3.8) is 0 Å². The number of aryl methyl sites for hydroxylation is 1. The topological polar surface area (TPSA) is 35.2 Å². The molecule has 0 aliphatic carbocycles. The van der Waals surface area contributed by atoms with E-state index in [4.69, 9.17) is 10.5 Å². The van der Waals surface area contributed by atoms with Crippen LogP contribution < -0.4 is 10.5 Å². The van der Waals surface area contributed by atoms with E-state index in [1.807, 2.05) is 30.3 Å². The summed E-state index contributed by atoms with van der Waals surface area (Å²) in [7, 11) is 0. The highest BCUT2D eigenvalue weighted by molar-refractivity contribution is 9.10. The molecule has 0 saturated carbocycles. The lowest BCUT2D eigenvalue weighted by Gasteiger charge is -2.11. The lowest BCUT2D eigenvalue weighted by molar-refractivity contribution is 0.477. The summed E-state index contributed by atoms with van der Waals surface area (Å²) < 4.78 is 6.91. The molecule has 2 aromatic rings. The second-order valence-corrected chi connectivity index (χ2v) is 5.22. The quantitative estimate of drug-likeness (QED) is 0.916. The summed E-state index contributed by atoms with van der Waals surface area (Å²) in [5.41, 5.74) is 9.09. The van der Waals surface area contributed by atoms with E-state index in [1.165, 1.54) is 5.56 Å². The van der Waals surface area contributed by atoms with Crippen molar-refractivity contribution in [3.05, 3.63) is 57.6 Å². The molecule has 0 aliphatic rings. The van der Waals surface area contributed by atoms with Crippen LogP contribution in [0.4, 0.5) is 0 Å². The van der Waals surface area contributed by atoms with Crippen LogP contribution in [0.3, 0.4) is 0 Å². The highest BCUT2D eigenvalue weighted by Gasteiger charge is 2.05. The van der Waals surface area contributed by atoms with E-state index >= 15 is 0 Å². The predicted molar refractivity (Wildman–Crippen MR) is 78.0 cm³/mol. The van der Waals surface area contributed by atoms with Gasteiger partial charge in [-0.05, 0) is 54.8 Å². The van der Waals surface area contributed by atoms with Gasteiger partial charge in [0.25, 0.3) is 0 Å². The van der Waals surface area contributed by atoms with Gasteiger partial charge in [0.05, 0.1) is 0 Å². The first-order valence-electron chi connectivity index (χ1n) is 5.84. The third kappa shape index (κ3) is 2.92. The van der Waals surface area contributed by atoms with Crippen molar-refractivity contribution < 1.29 is 4.74 Å². The molecule has 0 bridgehead atoms. The fourth-order valence-electron chi connectivity index (χ4n) is 1.76. The molecule has 0 fully saturated rings. The van der Waals surface area contributed by atoms with Crippen molar-refractivity contribution in [3.8, 4) is 11.5 Å². The molecule has 0 aliphatic heterocycles. The van der Waals surface area contributed by atoms with E-state index in [2.05, 4.69) is 35.8 Å². The second-order valence-electron chi connectivity index (χ2n) is 4.30. The van der Waals surface area contributed by atoms with E-state index < -0.39 is 0 Å². The molecule has 2 rings (SSSR count). The van der Waals surface area contributed by atoms with Gasteiger partial charge >= 0.3 is 0 Å². The zero-order chi connectivity index (χ0) is 13.1. The molecule has 94 valence electrons. The number of hydrogen-bond donors (Lipinski definition) is 1. The molecule has 0 saturated heterocycles. The summed E-state index contributed by atoms with van der Waals surface area (Å²) in [5.74, 6) is 1.69. The van der Waals surface area contributed by atoms with Gasteiger partial charge in [-0.1, -0.05) is 28.1 Å². The molecule has 18 heavy (non-hydrogen) atoms. The summed E-state index contributed by atoms with van der Waals surface area (Å²) in [6.07, 6.45) is 0. The third-order valence-electron chi connectivity index (χ3n) is 2.95. The highest BCUT2D eigenvalue weighted by Crippen LogP contribution is 2.29. The van der Waals surface area contributed by atoms with Crippen LogP contribution in [0.25, 0.3) is 0 Å². The molecule has 0 atom stereocenters. The lowest BCUT2D eigenvalue weighted by Crippen LogP contribution is -1.97. The minimum Gasteiger partial charge on any atom is -0.457 e. The normalized spacial score (nSPS) is 10.4. The van der Waals surface area contributed by atoms with Gasteiger partial charge in [-0.15, -0.1) is 0 Å². The number of benzene rings is 2. The zero-order valence-corrected chi connectivity index (χ0v) is 12.1. The molecule has 0 amide bonds. The molecule has 0 unspecified atom stereocenters. The third-order valence-corrected chi connectivity index (χ3v) is 3.41. The van der Waals surface area contributed by atoms with Crippen LogP contribution in [-0.4, -0.2) is 0 Å². The van der Waals surface area contributed by atoms with Crippen LogP contribution in [0.2, 0.25) is 0 Å². The van der Waals surface area contributed by atoms with Crippen LogP contribution in [0.1, 0.15) is 16.7 Å². The average molecular weight is 306 g/mol. The minimum atomic E-state index is 0.503. The number of hydrogen-bond acceptors (Lipinski definition) is 2. The maximum absolute atomic E-state index is 5.93. The molecule has 2 nitrogen and oxygen atoms in total. The summed E-state index contributed by atoms with van der Waals surface area (Å²) in [4.78, 5) is 0. The van der Waals surface area contributed by atoms with Crippen molar-refractivity contribution in [2.75, 3.05) is 0 Å². The van der Waals surface area contributed by atoms with Gasteiger partial charge in [0.2, 0.25) is 0 Å². The molecular formula is C15H16BrNO. The van der Waals surface area contributed by atoms with Gasteiger partial charge in [-0.25, -0.2) is 0 Å². The van der Waals surface area contributed by atoms with E-state index in [0.717, 1.165) is 27.1 Å². The van der Waals surface area contributed by atoms with Gasteiger partial charge in [0, 0.05) is 11.0 Å². The molecule has 2 aromatic carbocycles. The van der Waals surface area contributed by atoms with Gasteiger partial charge in [-0.3, -0.25) is 0 Å². The minimum absolute atomic E-state index is 0.503. The average Bonchev–Trinajstić information content (AvgIpc) is 2.34. The lowest BCUT2D eigenvalue weighted by atomic mass is 10.1. The van der Waals surface area contributed by atoms with Crippen LogP contribution in [0.5, 0.6) is 11.5 Å². The van der Waals surface area contributed by atoms with Gasteiger partial charge in [0.15, 0.2) is 0 Å². The molecule has 3 heteroatoms. The van der Waals surface area contributed by atoms with E-state index in [0.29, 0.717) is 6.54 Å². The summed E-state index contributed by atoms with van der Waals surface area (Å²) in [6, 6.07) is 12.0. The first-order valence-corrected chi connectivity index (χ1v) is 6.63. The van der Waals surface area contributed by atoms with Gasteiger partial charge in [0.1, 0.15) is 11.5 Å². The molecule has 0 radical (unpaired) electrons. The van der Waals surface area contributed by atoms with Crippen molar-refractivity contribution >= 4 is 15.9 Å². The standard InChI is InChI=1S/C15H16BrNO/c1-10-4-3-5-15(11(10)2)18-14-7-12(9-17)6-13(16)8-14/h3-8H,9,17H2,1-2H3. The largest absolute Gasteiger partial charge is 0.457 e. The molecule has 0 spiro atoms. The Kier molecular flexibility index (Phi) is 4.04. The smallest absolute Gasteiger partial charge is 0.130 e. The highest BCUT2D eigenvalue weighted by atomic mass is 79.9. The maximum Gasteiger partial charge on any atom is 0.130 e. The molecule has 2 N–H and O–H groups in total. The zero-order valence-electron chi connectivity index (χ0n) is 10.5. The predicted octanol–water partition coefficient (Wildman–Crippen LogP) is 4.32. The Morgan fingerprint density at radius 2 is 1.94 bits per heavy atom. The van der Waals surface area contributed by atoms with Crippen molar-refractivity contribution in [1.82, 2.24) is 0 Å². The van der Waals surface area contributed by atoms with Crippen LogP contribution >= 0.6 is 15.9 Å². The Labute approximate surface area is 116 Å². The fraction of sp³-hybridized carbons (Fsp3) is 0.200. The van der Waals surface area contributed by atoms with Gasteiger partial charge in [-0.2, -0.15) is 0 Å². The summed E-state index contributed by atoms with van der Waals surface area (Å²) in [5, 5.41) is 0. The number of rotatable bonds is 3. The fourth-order valence-corrected chi connectivity index (χ4v) is 2.28. The number of nitrogens with two attached hydrogens (primary N) is 1. The van der Waals surface area contributed by atoms with E-state index in [9.17, 15) is 0 Å². The number of halogens is 1. The Bertz CT molecular complexity index is 566.